The van der Waals surface area contributed by atoms with Gasteiger partial charge in [-0.2, -0.15) is 11.5 Å². The van der Waals surface area contributed by atoms with Crippen LogP contribution in [0.25, 0.3) is 4.95 Å². The van der Waals surface area contributed by atoms with Crippen molar-refractivity contribution in [2.75, 3.05) is 26.3 Å². The summed E-state index contributed by atoms with van der Waals surface area (Å²) in [6, 6.07) is 0. The quantitative estimate of drug-likeness (QED) is 0.415. The first-order chi connectivity index (χ1) is 3.93. The van der Waals surface area contributed by atoms with E-state index in [9.17, 15) is 0 Å². The number of hydrogen-bond acceptors (Lipinski definition) is 2. The highest BCUT2D eigenvalue weighted by Gasteiger charge is 2.10. The van der Waals surface area contributed by atoms with E-state index in [0.29, 0.717) is 13.2 Å². The molecule has 3 nitrogen and oxygen atoms in total. The standard InChI is InChI=1S/C5H8N2O/c1-6-7-2-4-8-5-3-7/h2-5H2. The van der Waals surface area contributed by atoms with E-state index in [1.165, 1.54) is 0 Å². The molecule has 0 amide bonds. The van der Waals surface area contributed by atoms with E-state index >= 15 is 0 Å². The summed E-state index contributed by atoms with van der Waals surface area (Å²) in [5.41, 5.74) is 0. The Bertz CT molecular complexity index is 101. The van der Waals surface area contributed by atoms with Gasteiger partial charge in [-0.3, -0.25) is 0 Å². The maximum absolute atomic E-state index is 6.59. The molecule has 1 heterocycles. The van der Waals surface area contributed by atoms with Crippen LogP contribution in [0.4, 0.5) is 0 Å². The second-order valence-corrected chi connectivity index (χ2v) is 1.67. The van der Waals surface area contributed by atoms with Crippen LogP contribution in [0, 0.1) is 6.57 Å². The van der Waals surface area contributed by atoms with Crippen molar-refractivity contribution in [1.29, 1.82) is 0 Å². The predicted molar refractivity (Wildman–Crippen MR) is 29.0 cm³/mol. The summed E-state index contributed by atoms with van der Waals surface area (Å²) in [7, 11) is 0. The van der Waals surface area contributed by atoms with Gasteiger partial charge < -0.3 is 4.74 Å². The summed E-state index contributed by atoms with van der Waals surface area (Å²) >= 11 is 0. The molecule has 1 saturated heterocycles. The SMILES string of the molecule is [C-]#[N+]N1CCOCC1. The molecular weight excluding hydrogens is 104 g/mol. The molecule has 0 aliphatic carbocycles. The summed E-state index contributed by atoms with van der Waals surface area (Å²) < 4.78 is 5.02. The average molecular weight is 112 g/mol. The zero-order chi connectivity index (χ0) is 5.82. The minimum Gasteiger partial charge on any atom is -0.377 e. The van der Waals surface area contributed by atoms with Gasteiger partial charge in [0.15, 0.2) is 0 Å². The Kier molecular flexibility index (Phi) is 1.70. The molecule has 0 aromatic heterocycles. The second-order valence-electron chi connectivity index (χ2n) is 1.67. The Balaban J connectivity index is 2.25. The van der Waals surface area contributed by atoms with Gasteiger partial charge in [-0.15, -0.1) is 5.01 Å². The number of rotatable bonds is 0. The van der Waals surface area contributed by atoms with E-state index in [2.05, 4.69) is 4.95 Å². The lowest BCUT2D eigenvalue weighted by atomic mass is 10.5. The summed E-state index contributed by atoms with van der Waals surface area (Å²) in [4.78, 5) is 3.25. The van der Waals surface area contributed by atoms with Crippen molar-refractivity contribution in [3.8, 4) is 0 Å². The van der Waals surface area contributed by atoms with Gasteiger partial charge >= 0.3 is 0 Å². The van der Waals surface area contributed by atoms with Crippen LogP contribution < -0.4 is 0 Å². The van der Waals surface area contributed by atoms with E-state index < -0.39 is 0 Å². The summed E-state index contributed by atoms with van der Waals surface area (Å²) in [5.74, 6) is 0. The van der Waals surface area contributed by atoms with E-state index in [4.69, 9.17) is 11.3 Å². The van der Waals surface area contributed by atoms with E-state index in [1.54, 1.807) is 5.01 Å². The Labute approximate surface area is 48.6 Å². The van der Waals surface area contributed by atoms with Gasteiger partial charge in [-0.1, -0.05) is 0 Å². The lowest BCUT2D eigenvalue weighted by molar-refractivity contribution is 0.0582. The van der Waals surface area contributed by atoms with Gasteiger partial charge in [0, 0.05) is 0 Å². The molecule has 1 rings (SSSR count). The van der Waals surface area contributed by atoms with Gasteiger partial charge in [-0.25, -0.2) is 0 Å². The minimum absolute atomic E-state index is 0.711. The first-order valence-corrected chi connectivity index (χ1v) is 2.63. The fraction of sp³-hybridized carbons (Fsp3) is 0.800. The second kappa shape index (κ2) is 2.53. The zero-order valence-corrected chi connectivity index (χ0v) is 4.63. The van der Waals surface area contributed by atoms with Crippen molar-refractivity contribution in [2.24, 2.45) is 0 Å². The van der Waals surface area contributed by atoms with Crippen LogP contribution in [0.15, 0.2) is 0 Å². The monoisotopic (exact) mass is 112 g/mol. The number of hydrogen-bond donors (Lipinski definition) is 0. The molecule has 1 fully saturated rings. The van der Waals surface area contributed by atoms with Crippen molar-refractivity contribution >= 4 is 0 Å². The fourth-order valence-corrected chi connectivity index (χ4v) is 0.654. The van der Waals surface area contributed by atoms with Gasteiger partial charge in [-0.05, 0) is 0 Å². The van der Waals surface area contributed by atoms with Crippen LogP contribution in [0.3, 0.4) is 0 Å². The Morgan fingerprint density at radius 3 is 2.38 bits per heavy atom. The molecule has 1 aliphatic heterocycles. The molecule has 0 spiro atoms. The average Bonchev–Trinajstić information content (AvgIpc) is 1.90. The lowest BCUT2D eigenvalue weighted by Crippen LogP contribution is -2.30. The molecule has 0 unspecified atom stereocenters. The molecule has 0 aromatic rings. The fourth-order valence-electron chi connectivity index (χ4n) is 0.654. The molecule has 0 N–H and O–H groups in total. The Morgan fingerprint density at radius 2 is 2.00 bits per heavy atom. The van der Waals surface area contributed by atoms with Crippen molar-refractivity contribution < 1.29 is 4.74 Å². The Hall–Kier alpha value is -0.750. The molecule has 0 atom stereocenters. The largest absolute Gasteiger partial charge is 0.377 e. The first kappa shape index (κ1) is 5.39. The van der Waals surface area contributed by atoms with Gasteiger partial charge in [0.1, 0.15) is 13.1 Å². The van der Waals surface area contributed by atoms with Crippen LogP contribution >= 0.6 is 0 Å². The highest BCUT2D eigenvalue weighted by Crippen LogP contribution is 1.94. The zero-order valence-electron chi connectivity index (χ0n) is 4.63. The van der Waals surface area contributed by atoms with Crippen LogP contribution in [-0.4, -0.2) is 31.3 Å². The highest BCUT2D eigenvalue weighted by atomic mass is 16.5. The molecule has 0 saturated carbocycles. The van der Waals surface area contributed by atoms with Crippen molar-refractivity contribution in [3.63, 3.8) is 0 Å². The normalized spacial score (nSPS) is 20.1. The maximum atomic E-state index is 6.59. The van der Waals surface area contributed by atoms with Crippen molar-refractivity contribution in [1.82, 2.24) is 5.01 Å². The van der Waals surface area contributed by atoms with Crippen molar-refractivity contribution in [3.05, 3.63) is 11.5 Å². The van der Waals surface area contributed by atoms with Crippen molar-refractivity contribution in [2.45, 2.75) is 0 Å². The van der Waals surface area contributed by atoms with Gasteiger partial charge in [0.05, 0.1) is 13.2 Å². The van der Waals surface area contributed by atoms with Crippen LogP contribution in [-0.2, 0) is 4.74 Å². The molecular formula is C5H8N2O. The molecule has 3 heteroatoms. The maximum Gasteiger partial charge on any atom is 0.109 e. The lowest BCUT2D eigenvalue weighted by Gasteiger charge is -2.15. The van der Waals surface area contributed by atoms with E-state index in [-0.39, 0.29) is 0 Å². The number of nitrogens with zero attached hydrogens (tertiary/aromatic N) is 2. The van der Waals surface area contributed by atoms with Crippen LogP contribution in [0.5, 0.6) is 0 Å². The number of ether oxygens (including phenoxy) is 1. The third kappa shape index (κ3) is 1.11. The molecule has 0 aromatic carbocycles. The smallest absolute Gasteiger partial charge is 0.109 e. The molecule has 0 bridgehead atoms. The predicted octanol–water partition coefficient (Wildman–Crippen LogP) is 0.153. The third-order valence-electron chi connectivity index (χ3n) is 1.13. The highest BCUT2D eigenvalue weighted by molar-refractivity contribution is 4.63. The summed E-state index contributed by atoms with van der Waals surface area (Å²) in [5, 5.41) is 1.68. The Morgan fingerprint density at radius 1 is 1.38 bits per heavy atom. The minimum atomic E-state index is 0.711. The topological polar surface area (TPSA) is 16.8 Å². The van der Waals surface area contributed by atoms with Crippen LogP contribution in [0.1, 0.15) is 0 Å². The van der Waals surface area contributed by atoms with E-state index in [0.717, 1.165) is 13.1 Å². The molecule has 8 heavy (non-hydrogen) atoms. The molecule has 44 valence electrons. The first-order valence-electron chi connectivity index (χ1n) is 2.63. The number of morpholine rings is 1. The third-order valence-corrected chi connectivity index (χ3v) is 1.13. The summed E-state index contributed by atoms with van der Waals surface area (Å²) in [6.07, 6.45) is 0. The molecule has 0 radical (unpaired) electrons. The van der Waals surface area contributed by atoms with Gasteiger partial charge in [0.25, 0.3) is 0 Å². The van der Waals surface area contributed by atoms with E-state index in [1.807, 2.05) is 0 Å². The van der Waals surface area contributed by atoms with Gasteiger partial charge in [0.2, 0.25) is 0 Å². The summed E-state index contributed by atoms with van der Waals surface area (Å²) in [6.45, 7) is 9.55. The molecule has 1 aliphatic rings. The van der Waals surface area contributed by atoms with Crippen LogP contribution in [0.2, 0.25) is 0 Å².